The monoisotopic (exact) mass is 430 g/mol. The molecule has 0 amide bonds. The van der Waals surface area contributed by atoms with Crippen molar-refractivity contribution in [2.75, 3.05) is 31.1 Å². The molecule has 0 saturated carbocycles. The molecule has 1 aliphatic rings. The fourth-order valence-electron chi connectivity index (χ4n) is 4.64. The van der Waals surface area contributed by atoms with E-state index in [1.165, 1.54) is 15.7 Å². The van der Waals surface area contributed by atoms with Gasteiger partial charge in [0.2, 0.25) is 5.95 Å². The molecule has 5 rings (SSSR count). The Kier molecular flexibility index (Phi) is 5.14. The van der Waals surface area contributed by atoms with Crippen molar-refractivity contribution < 1.29 is 0 Å². The van der Waals surface area contributed by atoms with Crippen LogP contribution in [0.3, 0.4) is 0 Å². The Morgan fingerprint density at radius 3 is 1.94 bits per heavy atom. The molecular formula is C24H26N6O2. The fraction of sp³-hybridized carbons (Fsp3) is 0.292. The normalized spacial score (nSPS) is 15.0. The number of hydrogen-bond acceptors (Lipinski definition) is 5. The third kappa shape index (κ3) is 3.42. The van der Waals surface area contributed by atoms with Crippen LogP contribution in [0.4, 0.5) is 5.95 Å². The van der Waals surface area contributed by atoms with Gasteiger partial charge in [0.25, 0.3) is 5.56 Å². The molecule has 0 bridgehead atoms. The number of aryl methyl sites for hydroxylation is 2. The summed E-state index contributed by atoms with van der Waals surface area (Å²) in [4.78, 5) is 36.0. The van der Waals surface area contributed by atoms with E-state index in [4.69, 9.17) is 0 Å². The van der Waals surface area contributed by atoms with E-state index >= 15 is 0 Å². The van der Waals surface area contributed by atoms with Gasteiger partial charge in [-0.1, -0.05) is 60.7 Å². The molecule has 32 heavy (non-hydrogen) atoms. The Hall–Kier alpha value is -3.65. The van der Waals surface area contributed by atoms with Crippen molar-refractivity contribution in [2.45, 2.75) is 6.04 Å². The second-order valence-corrected chi connectivity index (χ2v) is 8.21. The number of imidazole rings is 1. The zero-order valence-electron chi connectivity index (χ0n) is 18.2. The van der Waals surface area contributed by atoms with Gasteiger partial charge in [0.05, 0.1) is 6.04 Å². The molecule has 8 nitrogen and oxygen atoms in total. The predicted molar refractivity (Wildman–Crippen MR) is 125 cm³/mol. The first-order chi connectivity index (χ1) is 15.5. The van der Waals surface area contributed by atoms with Crippen LogP contribution in [-0.4, -0.2) is 50.2 Å². The number of aromatic nitrogens is 4. The van der Waals surface area contributed by atoms with E-state index < -0.39 is 11.2 Å². The van der Waals surface area contributed by atoms with Crippen molar-refractivity contribution in [3.8, 4) is 0 Å². The SMILES string of the molecule is Cn1c(N2CCN(C(c3ccccc3)c3ccccc3)CC2)nc2c1c(=O)[nH]c(=O)n2C. The van der Waals surface area contributed by atoms with Gasteiger partial charge in [-0.15, -0.1) is 0 Å². The molecule has 0 unspecified atom stereocenters. The molecule has 0 radical (unpaired) electrons. The van der Waals surface area contributed by atoms with Crippen LogP contribution in [0.25, 0.3) is 11.2 Å². The third-order valence-corrected chi connectivity index (χ3v) is 6.30. The number of fused-ring (bicyclic) bond motifs is 1. The van der Waals surface area contributed by atoms with Crippen molar-refractivity contribution in [2.24, 2.45) is 14.1 Å². The standard InChI is InChI=1S/C24H26N6O2/c1-27-20-21(28(2)24(32)26-22(20)31)25-23(27)30-15-13-29(14-16-30)19(17-9-5-3-6-10-17)18-11-7-4-8-12-18/h3-12,19H,13-16H2,1-2H3,(H,26,31,32). The van der Waals surface area contributed by atoms with Gasteiger partial charge in [0.15, 0.2) is 11.2 Å². The summed E-state index contributed by atoms with van der Waals surface area (Å²) in [5.41, 5.74) is 2.51. The average Bonchev–Trinajstić information content (AvgIpc) is 3.17. The lowest BCUT2D eigenvalue weighted by Gasteiger charge is -2.40. The van der Waals surface area contributed by atoms with E-state index in [1.54, 1.807) is 11.6 Å². The van der Waals surface area contributed by atoms with Crippen LogP contribution in [0.2, 0.25) is 0 Å². The van der Waals surface area contributed by atoms with E-state index in [-0.39, 0.29) is 6.04 Å². The second-order valence-electron chi connectivity index (χ2n) is 8.21. The first-order valence-electron chi connectivity index (χ1n) is 10.8. The van der Waals surface area contributed by atoms with E-state index in [2.05, 4.69) is 68.3 Å². The Balaban J connectivity index is 1.44. The largest absolute Gasteiger partial charge is 0.340 e. The van der Waals surface area contributed by atoms with Crippen LogP contribution in [0.1, 0.15) is 17.2 Å². The molecule has 1 N–H and O–H groups in total. The van der Waals surface area contributed by atoms with Gasteiger partial charge in [-0.2, -0.15) is 4.98 Å². The highest BCUT2D eigenvalue weighted by molar-refractivity contribution is 5.74. The number of H-pyrrole nitrogens is 1. The van der Waals surface area contributed by atoms with Gasteiger partial charge in [-0.25, -0.2) is 4.79 Å². The summed E-state index contributed by atoms with van der Waals surface area (Å²) in [7, 11) is 3.45. The maximum Gasteiger partial charge on any atom is 0.329 e. The highest BCUT2D eigenvalue weighted by atomic mass is 16.2. The number of rotatable bonds is 4. The van der Waals surface area contributed by atoms with E-state index in [1.807, 2.05) is 19.2 Å². The summed E-state index contributed by atoms with van der Waals surface area (Å²) in [6.07, 6.45) is 0. The van der Waals surface area contributed by atoms with Crippen molar-refractivity contribution >= 4 is 17.1 Å². The summed E-state index contributed by atoms with van der Waals surface area (Å²) < 4.78 is 3.17. The number of aromatic amines is 1. The topological polar surface area (TPSA) is 79.2 Å². The molecule has 0 atom stereocenters. The summed E-state index contributed by atoms with van der Waals surface area (Å²) in [6, 6.07) is 21.4. The maximum atomic E-state index is 12.4. The van der Waals surface area contributed by atoms with Gasteiger partial charge >= 0.3 is 5.69 Å². The summed E-state index contributed by atoms with van der Waals surface area (Å²) >= 11 is 0. The number of hydrogen-bond donors (Lipinski definition) is 1. The van der Waals surface area contributed by atoms with Gasteiger partial charge < -0.3 is 9.47 Å². The minimum absolute atomic E-state index is 0.184. The van der Waals surface area contributed by atoms with E-state index in [0.29, 0.717) is 17.1 Å². The zero-order chi connectivity index (χ0) is 22.2. The molecular weight excluding hydrogens is 404 g/mol. The van der Waals surface area contributed by atoms with Crippen LogP contribution in [-0.2, 0) is 14.1 Å². The molecule has 4 aromatic rings. The minimum Gasteiger partial charge on any atom is -0.340 e. The lowest BCUT2D eigenvalue weighted by atomic mass is 9.96. The maximum absolute atomic E-state index is 12.4. The molecule has 1 saturated heterocycles. The molecule has 3 heterocycles. The highest BCUT2D eigenvalue weighted by Gasteiger charge is 2.28. The number of nitrogens with one attached hydrogen (secondary N) is 1. The molecule has 0 aliphatic carbocycles. The number of nitrogens with zero attached hydrogens (tertiary/aromatic N) is 5. The lowest BCUT2D eigenvalue weighted by molar-refractivity contribution is 0.211. The zero-order valence-corrected chi connectivity index (χ0v) is 18.2. The Morgan fingerprint density at radius 2 is 1.38 bits per heavy atom. The Bertz CT molecular complexity index is 1310. The quantitative estimate of drug-likeness (QED) is 0.535. The van der Waals surface area contributed by atoms with Crippen molar-refractivity contribution in [3.05, 3.63) is 92.6 Å². The first-order valence-corrected chi connectivity index (χ1v) is 10.8. The number of anilines is 1. The van der Waals surface area contributed by atoms with Gasteiger partial charge in [0.1, 0.15) is 0 Å². The summed E-state index contributed by atoms with van der Waals surface area (Å²) in [5, 5.41) is 0. The predicted octanol–water partition coefficient (Wildman–Crippen LogP) is 1.87. The van der Waals surface area contributed by atoms with E-state index in [9.17, 15) is 9.59 Å². The van der Waals surface area contributed by atoms with Crippen LogP contribution in [0.15, 0.2) is 70.3 Å². The number of benzene rings is 2. The van der Waals surface area contributed by atoms with Crippen molar-refractivity contribution in [3.63, 3.8) is 0 Å². The van der Waals surface area contributed by atoms with Crippen LogP contribution in [0, 0.1) is 0 Å². The first kappa shape index (κ1) is 20.3. The third-order valence-electron chi connectivity index (χ3n) is 6.30. The molecule has 1 aliphatic heterocycles. The summed E-state index contributed by atoms with van der Waals surface area (Å²) in [6.45, 7) is 3.26. The van der Waals surface area contributed by atoms with Crippen LogP contribution in [0.5, 0.6) is 0 Å². The molecule has 2 aromatic carbocycles. The average molecular weight is 431 g/mol. The molecule has 1 fully saturated rings. The van der Waals surface area contributed by atoms with E-state index in [0.717, 1.165) is 26.2 Å². The molecule has 164 valence electrons. The van der Waals surface area contributed by atoms with Gasteiger partial charge in [0, 0.05) is 40.3 Å². The fourth-order valence-corrected chi connectivity index (χ4v) is 4.64. The summed E-state index contributed by atoms with van der Waals surface area (Å²) in [5.74, 6) is 0.710. The minimum atomic E-state index is -0.453. The number of piperazine rings is 1. The second kappa shape index (κ2) is 8.12. The van der Waals surface area contributed by atoms with Gasteiger partial charge in [-0.05, 0) is 11.1 Å². The molecule has 2 aromatic heterocycles. The Labute approximate surface area is 185 Å². The smallest absolute Gasteiger partial charge is 0.329 e. The Morgan fingerprint density at radius 1 is 0.812 bits per heavy atom. The van der Waals surface area contributed by atoms with Crippen LogP contribution < -0.4 is 16.1 Å². The molecule has 0 spiro atoms. The lowest BCUT2D eigenvalue weighted by Crippen LogP contribution is -2.48. The van der Waals surface area contributed by atoms with Gasteiger partial charge in [-0.3, -0.25) is 19.2 Å². The van der Waals surface area contributed by atoms with Crippen molar-refractivity contribution in [1.29, 1.82) is 0 Å². The van der Waals surface area contributed by atoms with Crippen molar-refractivity contribution in [1.82, 2.24) is 24.0 Å². The van der Waals surface area contributed by atoms with Crippen LogP contribution >= 0.6 is 0 Å². The molecule has 8 heteroatoms. The highest BCUT2D eigenvalue weighted by Crippen LogP contribution is 2.30.